The van der Waals surface area contributed by atoms with E-state index in [0.717, 1.165) is 18.2 Å². The standard InChI is InChI=1S/C13H17ClF3N3O/c1-20(2)6-5-18-12(21)8-19-11-7-9(13(15,16)17)3-4-10(11)14/h3-4,7,19H,5-6,8H2,1-2H3,(H,18,21). The van der Waals surface area contributed by atoms with E-state index in [1.165, 1.54) is 0 Å². The van der Waals surface area contributed by atoms with Gasteiger partial charge in [0.15, 0.2) is 0 Å². The Labute approximate surface area is 126 Å². The summed E-state index contributed by atoms with van der Waals surface area (Å²) in [5.41, 5.74) is -0.739. The zero-order valence-corrected chi connectivity index (χ0v) is 12.5. The van der Waals surface area contributed by atoms with Crippen molar-refractivity contribution in [1.82, 2.24) is 10.2 Å². The Kier molecular flexibility index (Phi) is 6.29. The van der Waals surface area contributed by atoms with Crippen molar-refractivity contribution in [3.8, 4) is 0 Å². The van der Waals surface area contributed by atoms with Crippen LogP contribution in [0.2, 0.25) is 5.02 Å². The molecule has 0 aromatic heterocycles. The molecule has 0 bridgehead atoms. The van der Waals surface area contributed by atoms with Gasteiger partial charge in [-0.1, -0.05) is 11.6 Å². The number of halogens is 4. The summed E-state index contributed by atoms with van der Waals surface area (Å²) in [5, 5.41) is 5.37. The summed E-state index contributed by atoms with van der Waals surface area (Å²) in [5.74, 6) is -0.315. The molecule has 0 saturated carbocycles. The number of hydrogen-bond donors (Lipinski definition) is 2. The van der Waals surface area contributed by atoms with Crippen LogP contribution in [0.25, 0.3) is 0 Å². The molecule has 2 N–H and O–H groups in total. The number of benzene rings is 1. The number of carbonyl (C=O) groups excluding carboxylic acids is 1. The van der Waals surface area contributed by atoms with Gasteiger partial charge in [0.2, 0.25) is 5.91 Å². The van der Waals surface area contributed by atoms with Crippen LogP contribution in [0.5, 0.6) is 0 Å². The smallest absolute Gasteiger partial charge is 0.375 e. The third-order valence-corrected chi connectivity index (χ3v) is 2.94. The van der Waals surface area contributed by atoms with Gasteiger partial charge in [0.1, 0.15) is 0 Å². The molecule has 0 fully saturated rings. The molecule has 0 aliphatic rings. The summed E-state index contributed by atoms with van der Waals surface area (Å²) in [6.07, 6.45) is -4.45. The van der Waals surface area contributed by atoms with Gasteiger partial charge in [-0.3, -0.25) is 4.79 Å². The molecule has 1 aromatic carbocycles. The van der Waals surface area contributed by atoms with Crippen molar-refractivity contribution in [2.24, 2.45) is 0 Å². The van der Waals surface area contributed by atoms with Crippen LogP contribution in [0.3, 0.4) is 0 Å². The van der Waals surface area contributed by atoms with Crippen molar-refractivity contribution >= 4 is 23.2 Å². The molecule has 1 rings (SSSR count). The average Bonchev–Trinajstić information content (AvgIpc) is 2.36. The molecular weight excluding hydrogens is 307 g/mol. The van der Waals surface area contributed by atoms with Crippen LogP contribution < -0.4 is 10.6 Å². The summed E-state index contributed by atoms with van der Waals surface area (Å²) >= 11 is 5.81. The van der Waals surface area contributed by atoms with Crippen molar-refractivity contribution < 1.29 is 18.0 Å². The Morgan fingerprint density at radius 2 is 2.00 bits per heavy atom. The Hall–Kier alpha value is -1.47. The van der Waals surface area contributed by atoms with Crippen LogP contribution in [0.4, 0.5) is 18.9 Å². The lowest BCUT2D eigenvalue weighted by atomic mass is 10.2. The maximum absolute atomic E-state index is 12.6. The average molecular weight is 324 g/mol. The van der Waals surface area contributed by atoms with Gasteiger partial charge in [0.05, 0.1) is 22.8 Å². The van der Waals surface area contributed by atoms with Gasteiger partial charge in [-0.05, 0) is 32.3 Å². The first-order valence-corrected chi connectivity index (χ1v) is 6.60. The quantitative estimate of drug-likeness (QED) is 0.845. The van der Waals surface area contributed by atoms with Gasteiger partial charge >= 0.3 is 6.18 Å². The summed E-state index contributed by atoms with van der Waals surface area (Å²) in [4.78, 5) is 13.4. The van der Waals surface area contributed by atoms with Gasteiger partial charge in [0.25, 0.3) is 0 Å². The Bertz CT molecular complexity index is 492. The second-order valence-corrected chi connectivity index (χ2v) is 5.11. The van der Waals surface area contributed by atoms with E-state index in [0.29, 0.717) is 13.1 Å². The number of rotatable bonds is 6. The number of hydrogen-bond acceptors (Lipinski definition) is 3. The summed E-state index contributed by atoms with van der Waals surface area (Å²) in [6, 6.07) is 2.93. The molecule has 0 atom stereocenters. The summed E-state index contributed by atoms with van der Waals surface area (Å²) in [7, 11) is 3.74. The van der Waals surface area contributed by atoms with E-state index >= 15 is 0 Å². The van der Waals surface area contributed by atoms with E-state index in [2.05, 4.69) is 10.6 Å². The first-order valence-electron chi connectivity index (χ1n) is 6.22. The fourth-order valence-electron chi connectivity index (χ4n) is 1.49. The van der Waals surface area contributed by atoms with Crippen molar-refractivity contribution in [3.05, 3.63) is 28.8 Å². The SMILES string of the molecule is CN(C)CCNC(=O)CNc1cc(C(F)(F)F)ccc1Cl. The van der Waals surface area contributed by atoms with Crippen molar-refractivity contribution in [2.45, 2.75) is 6.18 Å². The number of likely N-dealkylation sites (N-methyl/N-ethyl adjacent to an activating group) is 1. The lowest BCUT2D eigenvalue weighted by molar-refractivity contribution is -0.137. The van der Waals surface area contributed by atoms with Crippen molar-refractivity contribution in [1.29, 1.82) is 0 Å². The van der Waals surface area contributed by atoms with Crippen LogP contribution in [-0.2, 0) is 11.0 Å². The van der Waals surface area contributed by atoms with Gasteiger partial charge < -0.3 is 15.5 Å². The predicted molar refractivity (Wildman–Crippen MR) is 76.5 cm³/mol. The first kappa shape index (κ1) is 17.6. The van der Waals surface area contributed by atoms with Crippen LogP contribution in [-0.4, -0.2) is 44.5 Å². The van der Waals surface area contributed by atoms with Gasteiger partial charge in [-0.2, -0.15) is 13.2 Å². The molecule has 1 aromatic rings. The maximum Gasteiger partial charge on any atom is 0.416 e. The highest BCUT2D eigenvalue weighted by Gasteiger charge is 2.30. The predicted octanol–water partition coefficient (Wildman–Crippen LogP) is 2.45. The van der Waals surface area contributed by atoms with Crippen LogP contribution >= 0.6 is 11.6 Å². The minimum Gasteiger partial charge on any atom is -0.375 e. The molecule has 118 valence electrons. The highest BCUT2D eigenvalue weighted by Crippen LogP contribution is 2.33. The monoisotopic (exact) mass is 323 g/mol. The number of amides is 1. The lowest BCUT2D eigenvalue weighted by Crippen LogP contribution is -2.35. The number of anilines is 1. The molecular formula is C13H17ClF3N3O. The highest BCUT2D eigenvalue weighted by molar-refractivity contribution is 6.33. The Morgan fingerprint density at radius 3 is 2.57 bits per heavy atom. The number of alkyl halides is 3. The second-order valence-electron chi connectivity index (χ2n) is 4.70. The molecule has 0 spiro atoms. The largest absolute Gasteiger partial charge is 0.416 e. The van der Waals surface area contributed by atoms with E-state index in [4.69, 9.17) is 11.6 Å². The molecule has 0 aliphatic carbocycles. The van der Waals surface area contributed by atoms with Gasteiger partial charge in [0, 0.05) is 13.1 Å². The fourth-order valence-corrected chi connectivity index (χ4v) is 1.68. The minimum absolute atomic E-state index is 0.0780. The number of nitrogens with one attached hydrogen (secondary N) is 2. The molecule has 4 nitrogen and oxygen atoms in total. The second kappa shape index (κ2) is 7.51. The molecule has 0 radical (unpaired) electrons. The normalized spacial score (nSPS) is 11.6. The van der Waals surface area contributed by atoms with Crippen LogP contribution in [0.1, 0.15) is 5.56 Å². The van der Waals surface area contributed by atoms with E-state index < -0.39 is 11.7 Å². The number of carbonyl (C=O) groups is 1. The lowest BCUT2D eigenvalue weighted by Gasteiger charge is -2.13. The third kappa shape index (κ3) is 6.22. The molecule has 0 aliphatic heterocycles. The van der Waals surface area contributed by atoms with Crippen LogP contribution in [0.15, 0.2) is 18.2 Å². The van der Waals surface area contributed by atoms with Gasteiger partial charge in [-0.25, -0.2) is 0 Å². The molecule has 8 heteroatoms. The summed E-state index contributed by atoms with van der Waals surface area (Å²) in [6.45, 7) is 0.994. The zero-order chi connectivity index (χ0) is 16.0. The van der Waals surface area contributed by atoms with Crippen LogP contribution in [0, 0.1) is 0 Å². The highest BCUT2D eigenvalue weighted by atomic mass is 35.5. The summed E-state index contributed by atoms with van der Waals surface area (Å²) < 4.78 is 37.8. The van der Waals surface area contributed by atoms with Gasteiger partial charge in [-0.15, -0.1) is 0 Å². The topological polar surface area (TPSA) is 44.4 Å². The van der Waals surface area contributed by atoms with E-state index in [1.807, 2.05) is 19.0 Å². The molecule has 1 amide bonds. The first-order chi connectivity index (χ1) is 9.70. The third-order valence-electron chi connectivity index (χ3n) is 2.61. The maximum atomic E-state index is 12.6. The molecule has 0 saturated heterocycles. The molecule has 0 heterocycles. The van der Waals surface area contributed by atoms with Crippen molar-refractivity contribution in [3.63, 3.8) is 0 Å². The molecule has 0 unspecified atom stereocenters. The Morgan fingerprint density at radius 1 is 1.33 bits per heavy atom. The van der Waals surface area contributed by atoms with Crippen molar-refractivity contribution in [2.75, 3.05) is 39.0 Å². The number of nitrogens with zero attached hydrogens (tertiary/aromatic N) is 1. The Balaban J connectivity index is 2.57. The minimum atomic E-state index is -4.45. The fraction of sp³-hybridized carbons (Fsp3) is 0.462. The zero-order valence-electron chi connectivity index (χ0n) is 11.7. The van der Waals surface area contributed by atoms with E-state index in [9.17, 15) is 18.0 Å². The van der Waals surface area contributed by atoms with E-state index in [1.54, 1.807) is 0 Å². The van der Waals surface area contributed by atoms with E-state index in [-0.39, 0.29) is 23.2 Å². The molecule has 21 heavy (non-hydrogen) atoms.